The van der Waals surface area contributed by atoms with Gasteiger partial charge in [-0.15, -0.1) is 0 Å². The lowest BCUT2D eigenvalue weighted by atomic mass is 10.1. The van der Waals surface area contributed by atoms with Crippen LogP contribution in [0.2, 0.25) is 0 Å². The Morgan fingerprint density at radius 3 is 2.68 bits per heavy atom. The fourth-order valence-electron chi connectivity index (χ4n) is 2.84. The number of hydrogen-bond acceptors (Lipinski definition) is 8. The third-order valence-corrected chi connectivity index (χ3v) is 4.83. The highest BCUT2D eigenvalue weighted by molar-refractivity contribution is 5.58. The van der Waals surface area contributed by atoms with Gasteiger partial charge in [0.25, 0.3) is 0 Å². The Balaban J connectivity index is 1.56. The zero-order valence-electron chi connectivity index (χ0n) is 15.6. The molecule has 0 aliphatic heterocycles. The molecule has 2 aromatic heterocycles. The van der Waals surface area contributed by atoms with E-state index in [1.165, 1.54) is 12.5 Å². The monoisotopic (exact) mass is 380 g/mol. The molecular formula is C18H20N8O2. The number of nitro groups is 1. The van der Waals surface area contributed by atoms with Gasteiger partial charge in [0.1, 0.15) is 18.9 Å². The maximum absolute atomic E-state index is 11.2. The van der Waals surface area contributed by atoms with Crippen molar-refractivity contribution >= 4 is 17.5 Å². The van der Waals surface area contributed by atoms with Crippen LogP contribution in [-0.2, 0) is 0 Å². The van der Waals surface area contributed by atoms with Crippen molar-refractivity contribution in [1.29, 1.82) is 0 Å². The molecule has 0 amide bonds. The molecule has 0 unspecified atom stereocenters. The van der Waals surface area contributed by atoms with Crippen molar-refractivity contribution < 1.29 is 4.92 Å². The van der Waals surface area contributed by atoms with E-state index < -0.39 is 4.92 Å². The number of nitrogens with one attached hydrogen (secondary N) is 1. The summed E-state index contributed by atoms with van der Waals surface area (Å²) in [7, 11) is 1.87. The molecule has 10 nitrogen and oxygen atoms in total. The molecule has 0 radical (unpaired) electrons. The number of rotatable bonds is 7. The first kappa shape index (κ1) is 17.8. The molecule has 4 rings (SSSR count). The van der Waals surface area contributed by atoms with E-state index in [2.05, 4.69) is 25.4 Å². The van der Waals surface area contributed by atoms with Crippen LogP contribution in [0.3, 0.4) is 0 Å². The van der Waals surface area contributed by atoms with Crippen LogP contribution in [-0.4, -0.2) is 42.7 Å². The van der Waals surface area contributed by atoms with Crippen LogP contribution >= 0.6 is 0 Å². The maximum Gasteiger partial charge on any atom is 0.329 e. The Labute approximate surface area is 161 Å². The summed E-state index contributed by atoms with van der Waals surface area (Å²) in [6, 6.07) is 8.17. The van der Waals surface area contributed by atoms with Crippen molar-refractivity contribution in [3.8, 4) is 5.69 Å². The van der Waals surface area contributed by atoms with Crippen molar-refractivity contribution in [2.24, 2.45) is 0 Å². The third kappa shape index (κ3) is 3.61. The van der Waals surface area contributed by atoms with E-state index in [1.807, 2.05) is 43.1 Å². The Bertz CT molecular complexity index is 970. The molecule has 1 aliphatic rings. The van der Waals surface area contributed by atoms with Gasteiger partial charge in [-0.3, -0.25) is 10.1 Å². The van der Waals surface area contributed by atoms with Gasteiger partial charge in [-0.25, -0.2) is 14.6 Å². The summed E-state index contributed by atoms with van der Waals surface area (Å²) >= 11 is 0. The molecule has 144 valence electrons. The molecule has 10 heteroatoms. The lowest BCUT2D eigenvalue weighted by molar-refractivity contribution is -0.384. The van der Waals surface area contributed by atoms with Gasteiger partial charge in [-0.05, 0) is 37.5 Å². The highest BCUT2D eigenvalue weighted by Crippen LogP contribution is 2.31. The molecule has 3 aromatic rings. The van der Waals surface area contributed by atoms with E-state index >= 15 is 0 Å². The fourth-order valence-corrected chi connectivity index (χ4v) is 2.84. The van der Waals surface area contributed by atoms with Crippen molar-refractivity contribution in [1.82, 2.24) is 24.7 Å². The molecule has 1 atom stereocenters. The number of nitrogens with zero attached hydrogens (tertiary/aromatic N) is 7. The first-order valence-electron chi connectivity index (χ1n) is 8.98. The van der Waals surface area contributed by atoms with Gasteiger partial charge in [0.15, 0.2) is 0 Å². The van der Waals surface area contributed by atoms with Crippen molar-refractivity contribution in [3.63, 3.8) is 0 Å². The predicted octanol–water partition coefficient (Wildman–Crippen LogP) is 2.74. The van der Waals surface area contributed by atoms with Crippen molar-refractivity contribution in [2.75, 3.05) is 17.3 Å². The van der Waals surface area contributed by atoms with Crippen LogP contribution < -0.4 is 10.2 Å². The van der Waals surface area contributed by atoms with Gasteiger partial charge in [0.05, 0.1) is 16.7 Å². The average Bonchev–Trinajstić information content (AvgIpc) is 3.35. The summed E-state index contributed by atoms with van der Waals surface area (Å²) in [4.78, 5) is 25.3. The molecule has 1 N–H and O–H groups in total. The summed E-state index contributed by atoms with van der Waals surface area (Å²) in [5.41, 5.74) is 1.87. The molecule has 1 saturated carbocycles. The zero-order valence-corrected chi connectivity index (χ0v) is 15.6. The molecule has 1 aliphatic carbocycles. The summed E-state index contributed by atoms with van der Waals surface area (Å²) in [6.07, 6.45) is 6.40. The summed E-state index contributed by atoms with van der Waals surface area (Å²) in [6.45, 7) is 2.03. The smallest absolute Gasteiger partial charge is 0.329 e. The Kier molecular flexibility index (Phi) is 4.60. The first-order chi connectivity index (χ1) is 13.5. The zero-order chi connectivity index (χ0) is 19.7. The van der Waals surface area contributed by atoms with E-state index in [-0.39, 0.29) is 23.6 Å². The average molecular weight is 380 g/mol. The molecule has 2 heterocycles. The van der Waals surface area contributed by atoms with E-state index in [1.54, 1.807) is 11.0 Å². The van der Waals surface area contributed by atoms with Crippen LogP contribution in [0.15, 0.2) is 43.1 Å². The molecule has 1 fully saturated rings. The van der Waals surface area contributed by atoms with Crippen LogP contribution in [0, 0.1) is 10.1 Å². The summed E-state index contributed by atoms with van der Waals surface area (Å²) < 4.78 is 1.69. The van der Waals surface area contributed by atoms with E-state index in [0.717, 1.165) is 24.1 Å². The minimum Gasteiger partial charge on any atom is -0.361 e. The molecule has 28 heavy (non-hydrogen) atoms. The lowest BCUT2D eigenvalue weighted by Gasteiger charge is -2.25. The van der Waals surface area contributed by atoms with Crippen molar-refractivity contribution in [3.05, 3.63) is 58.8 Å². The highest BCUT2D eigenvalue weighted by atomic mass is 16.6. The standard InChI is InChI=1S/C18H20N8O2/c1-12(13-3-7-15(8-4-13)25-11-19-10-21-25)24(2)18-20-9-16(26(27)28)17(23-18)22-14-5-6-14/h3-4,7-12,14H,5-6H2,1-2H3,(H,20,22,23)/t12-/m0/s1. The van der Waals surface area contributed by atoms with Crippen LogP contribution in [0.1, 0.15) is 31.4 Å². The third-order valence-electron chi connectivity index (χ3n) is 4.83. The van der Waals surface area contributed by atoms with Crippen LogP contribution in [0.25, 0.3) is 5.69 Å². The predicted molar refractivity (Wildman–Crippen MR) is 104 cm³/mol. The quantitative estimate of drug-likeness (QED) is 0.491. The van der Waals surface area contributed by atoms with E-state index in [9.17, 15) is 10.1 Å². The number of aromatic nitrogens is 5. The molecule has 0 spiro atoms. The van der Waals surface area contributed by atoms with Gasteiger partial charge in [0.2, 0.25) is 11.8 Å². The lowest BCUT2D eigenvalue weighted by Crippen LogP contribution is -2.24. The van der Waals surface area contributed by atoms with E-state index in [4.69, 9.17) is 0 Å². The fraction of sp³-hybridized carbons (Fsp3) is 0.333. The normalized spacial score (nSPS) is 14.5. The van der Waals surface area contributed by atoms with Crippen LogP contribution in [0.5, 0.6) is 0 Å². The van der Waals surface area contributed by atoms with Gasteiger partial charge in [-0.1, -0.05) is 12.1 Å². The second-order valence-corrected chi connectivity index (χ2v) is 6.80. The second-order valence-electron chi connectivity index (χ2n) is 6.80. The number of hydrogen-bond donors (Lipinski definition) is 1. The van der Waals surface area contributed by atoms with Gasteiger partial charge in [0, 0.05) is 13.1 Å². The van der Waals surface area contributed by atoms with Gasteiger partial charge in [-0.2, -0.15) is 10.1 Å². The van der Waals surface area contributed by atoms with Crippen LogP contribution in [0.4, 0.5) is 17.5 Å². The summed E-state index contributed by atoms with van der Waals surface area (Å²) in [5, 5.41) is 18.5. The van der Waals surface area contributed by atoms with Gasteiger partial charge >= 0.3 is 5.69 Å². The van der Waals surface area contributed by atoms with E-state index in [0.29, 0.717) is 5.95 Å². The van der Waals surface area contributed by atoms with Crippen molar-refractivity contribution in [2.45, 2.75) is 31.8 Å². The second kappa shape index (κ2) is 7.22. The molecule has 0 saturated heterocycles. The van der Waals surface area contributed by atoms with Gasteiger partial charge < -0.3 is 10.2 Å². The highest BCUT2D eigenvalue weighted by Gasteiger charge is 2.27. The topological polar surface area (TPSA) is 115 Å². The summed E-state index contributed by atoms with van der Waals surface area (Å²) in [5.74, 6) is 0.708. The molecular weight excluding hydrogens is 360 g/mol. The molecule has 0 bridgehead atoms. The SMILES string of the molecule is C[C@@H](c1ccc(-n2cncn2)cc1)N(C)c1ncc([N+](=O)[O-])c(NC2CC2)n1. The minimum atomic E-state index is -0.458. The Morgan fingerprint density at radius 2 is 2.07 bits per heavy atom. The largest absolute Gasteiger partial charge is 0.361 e. The number of benzene rings is 1. The molecule has 1 aromatic carbocycles. The maximum atomic E-state index is 11.2. The minimum absolute atomic E-state index is 0.0278. The Hall–Kier alpha value is -3.56. The Morgan fingerprint density at radius 1 is 1.32 bits per heavy atom. The first-order valence-corrected chi connectivity index (χ1v) is 8.98. The number of anilines is 2.